The summed E-state index contributed by atoms with van der Waals surface area (Å²) in [4.78, 5) is 18.3. The minimum Gasteiger partial charge on any atom is -0.347 e. The molecule has 1 aromatic heterocycles. The summed E-state index contributed by atoms with van der Waals surface area (Å²) in [5.41, 5.74) is 2.28. The van der Waals surface area contributed by atoms with Crippen molar-refractivity contribution in [2.75, 3.05) is 39.3 Å². The predicted molar refractivity (Wildman–Crippen MR) is 106 cm³/mol. The number of aromatic nitrogens is 1. The third-order valence-electron chi connectivity index (χ3n) is 6.80. The van der Waals surface area contributed by atoms with Crippen LogP contribution in [0.1, 0.15) is 21.6 Å². The monoisotopic (exact) mass is 375 g/mol. The molecule has 4 fully saturated rings. The summed E-state index contributed by atoms with van der Waals surface area (Å²) < 4.78 is 1.75. The highest BCUT2D eigenvalue weighted by Crippen LogP contribution is 2.43. The van der Waals surface area contributed by atoms with Crippen LogP contribution in [0.3, 0.4) is 0 Å². The number of piperidine rings is 2. The maximum atomic E-state index is 13.2. The van der Waals surface area contributed by atoms with E-state index in [-0.39, 0.29) is 17.4 Å². The lowest BCUT2D eigenvalue weighted by atomic mass is 9.64. The highest BCUT2D eigenvalue weighted by Gasteiger charge is 2.55. The Kier molecular flexibility index (Phi) is 4.04. The molecule has 0 saturated carbocycles. The van der Waals surface area contributed by atoms with E-state index >= 15 is 0 Å². The first-order valence-electron chi connectivity index (χ1n) is 9.97. The normalized spacial score (nSPS) is 33.3. The van der Waals surface area contributed by atoms with Gasteiger partial charge in [-0.15, -0.1) is 0 Å². The number of benzene rings is 1. The van der Waals surface area contributed by atoms with Gasteiger partial charge in [-0.05, 0) is 11.6 Å². The van der Waals surface area contributed by atoms with E-state index in [4.69, 9.17) is 5.26 Å². The molecule has 1 amide bonds. The quantitative estimate of drug-likeness (QED) is 0.876. The van der Waals surface area contributed by atoms with E-state index < -0.39 is 0 Å². The molecule has 2 aromatic rings. The number of amides is 1. The molecule has 5 heterocycles. The fourth-order valence-electron chi connectivity index (χ4n) is 5.64. The molecule has 0 aliphatic carbocycles. The number of carbonyl (C=O) groups excluding carboxylic acids is 1. The molecule has 2 unspecified atom stereocenters. The number of rotatable bonds is 3. The summed E-state index contributed by atoms with van der Waals surface area (Å²) in [5.74, 6) is 0.324. The average Bonchev–Trinajstić information content (AvgIpc) is 2.91. The van der Waals surface area contributed by atoms with E-state index in [0.29, 0.717) is 17.2 Å². The van der Waals surface area contributed by atoms with E-state index in [0.717, 1.165) is 39.3 Å². The molecule has 4 saturated heterocycles. The van der Waals surface area contributed by atoms with Crippen LogP contribution >= 0.6 is 0 Å². The Balaban J connectivity index is 1.53. The Labute approximate surface area is 165 Å². The number of fused-ring (bicyclic) bond motifs is 1. The van der Waals surface area contributed by atoms with E-state index in [2.05, 4.69) is 51.5 Å². The Morgan fingerprint density at radius 1 is 1.18 bits per heavy atom. The molecule has 28 heavy (non-hydrogen) atoms. The van der Waals surface area contributed by atoms with E-state index in [1.54, 1.807) is 16.8 Å². The van der Waals surface area contributed by atoms with Gasteiger partial charge in [-0.1, -0.05) is 30.3 Å². The van der Waals surface area contributed by atoms with Gasteiger partial charge in [0, 0.05) is 69.9 Å². The van der Waals surface area contributed by atoms with E-state index in [1.165, 1.54) is 5.56 Å². The highest BCUT2D eigenvalue weighted by atomic mass is 16.2. The summed E-state index contributed by atoms with van der Waals surface area (Å²) in [6.07, 6.45) is 1.71. The SMILES string of the molecule is Cn1cc(C#N)cc1C(=O)N[C@@H]1C2CN3CCN(C2)CC1(c1ccccc1)C3. The van der Waals surface area contributed by atoms with Gasteiger partial charge in [0.1, 0.15) is 11.8 Å². The molecule has 6 rings (SSSR count). The average molecular weight is 375 g/mol. The van der Waals surface area contributed by atoms with Crippen LogP contribution in [0.2, 0.25) is 0 Å². The fourth-order valence-corrected chi connectivity index (χ4v) is 5.64. The number of carbonyl (C=O) groups is 1. The van der Waals surface area contributed by atoms with Crippen molar-refractivity contribution in [1.29, 1.82) is 5.26 Å². The summed E-state index contributed by atoms with van der Waals surface area (Å²) >= 11 is 0. The largest absolute Gasteiger partial charge is 0.347 e. The molecule has 4 aliphatic heterocycles. The Morgan fingerprint density at radius 2 is 1.86 bits per heavy atom. The second kappa shape index (κ2) is 6.47. The molecule has 6 nitrogen and oxygen atoms in total. The van der Waals surface area contributed by atoms with Gasteiger partial charge in [0.15, 0.2) is 0 Å². The topological polar surface area (TPSA) is 64.3 Å². The molecule has 1 N–H and O–H groups in total. The first-order chi connectivity index (χ1) is 13.6. The van der Waals surface area contributed by atoms with Crippen LogP contribution in [0.5, 0.6) is 0 Å². The lowest BCUT2D eigenvalue weighted by Gasteiger charge is -2.55. The van der Waals surface area contributed by atoms with Crippen LogP contribution in [0, 0.1) is 17.2 Å². The number of nitriles is 1. The zero-order chi connectivity index (χ0) is 19.3. The minimum atomic E-state index is -0.0994. The van der Waals surface area contributed by atoms with Crippen molar-refractivity contribution in [3.8, 4) is 6.07 Å². The second-order valence-electron chi connectivity index (χ2n) is 8.54. The Bertz CT molecular complexity index is 928. The highest BCUT2D eigenvalue weighted by molar-refractivity contribution is 5.93. The van der Waals surface area contributed by atoms with Gasteiger partial charge in [-0.2, -0.15) is 5.26 Å². The van der Waals surface area contributed by atoms with Crippen molar-refractivity contribution in [2.24, 2.45) is 13.0 Å². The summed E-state index contributed by atoms with van der Waals surface area (Å²) in [7, 11) is 1.82. The maximum absolute atomic E-state index is 13.2. The molecule has 0 radical (unpaired) electrons. The van der Waals surface area contributed by atoms with Crippen molar-refractivity contribution in [3.05, 3.63) is 59.4 Å². The lowest BCUT2D eigenvalue weighted by molar-refractivity contribution is 0.0179. The summed E-state index contributed by atoms with van der Waals surface area (Å²) in [5, 5.41) is 12.6. The zero-order valence-corrected chi connectivity index (χ0v) is 16.1. The lowest BCUT2D eigenvalue weighted by Crippen LogP contribution is -2.70. The van der Waals surface area contributed by atoms with Crippen LogP contribution < -0.4 is 5.32 Å². The Morgan fingerprint density at radius 3 is 2.46 bits per heavy atom. The van der Waals surface area contributed by atoms with Gasteiger partial charge >= 0.3 is 0 Å². The van der Waals surface area contributed by atoms with Crippen LogP contribution in [-0.4, -0.2) is 65.6 Å². The number of aryl methyl sites for hydroxylation is 1. The molecule has 3 atom stereocenters. The molecule has 6 heteroatoms. The van der Waals surface area contributed by atoms with Crippen LogP contribution in [0.4, 0.5) is 0 Å². The summed E-state index contributed by atoms with van der Waals surface area (Å²) in [6.45, 7) is 6.24. The van der Waals surface area contributed by atoms with Gasteiger partial charge in [0.25, 0.3) is 5.91 Å². The van der Waals surface area contributed by atoms with E-state index in [1.807, 2.05) is 7.05 Å². The second-order valence-corrected chi connectivity index (χ2v) is 8.54. The predicted octanol–water partition coefficient (Wildman–Crippen LogP) is 1.19. The zero-order valence-electron chi connectivity index (χ0n) is 16.1. The van der Waals surface area contributed by atoms with Crippen molar-refractivity contribution in [3.63, 3.8) is 0 Å². The number of nitrogens with one attached hydrogen (secondary N) is 1. The van der Waals surface area contributed by atoms with Crippen molar-refractivity contribution >= 4 is 5.91 Å². The van der Waals surface area contributed by atoms with Gasteiger partial charge < -0.3 is 19.7 Å². The molecule has 0 spiro atoms. The number of hydrogen-bond acceptors (Lipinski definition) is 4. The minimum absolute atomic E-state index is 0.0829. The van der Waals surface area contributed by atoms with Crippen LogP contribution in [0.15, 0.2) is 42.6 Å². The molecule has 4 bridgehead atoms. The van der Waals surface area contributed by atoms with Crippen LogP contribution in [0.25, 0.3) is 0 Å². The van der Waals surface area contributed by atoms with Gasteiger partial charge in [0.05, 0.1) is 5.56 Å². The number of hydrogen-bond donors (Lipinski definition) is 1. The van der Waals surface area contributed by atoms with Gasteiger partial charge in [-0.25, -0.2) is 0 Å². The standard InChI is InChI=1S/C22H25N5O/c1-25-11-16(10-23)9-19(25)21(28)24-20-17-12-26-7-8-27(13-17)15-22(20,14-26)18-5-3-2-4-6-18/h2-6,9,11,17,20H,7-8,12-15H2,1H3,(H,24,28)/t17?,20-,22?/m1/s1. The van der Waals surface area contributed by atoms with Crippen molar-refractivity contribution in [1.82, 2.24) is 19.7 Å². The van der Waals surface area contributed by atoms with Gasteiger partial charge in [-0.3, -0.25) is 4.79 Å². The smallest absolute Gasteiger partial charge is 0.268 e. The molecular weight excluding hydrogens is 350 g/mol. The number of nitrogens with zero attached hydrogens (tertiary/aromatic N) is 4. The molecule has 144 valence electrons. The van der Waals surface area contributed by atoms with Crippen LogP contribution in [-0.2, 0) is 12.5 Å². The van der Waals surface area contributed by atoms with Gasteiger partial charge in [0.2, 0.25) is 0 Å². The fraction of sp³-hybridized carbons (Fsp3) is 0.455. The molecular formula is C22H25N5O. The third kappa shape index (κ3) is 2.66. The van der Waals surface area contributed by atoms with Crippen molar-refractivity contribution < 1.29 is 4.79 Å². The molecule has 4 aliphatic rings. The van der Waals surface area contributed by atoms with E-state index in [9.17, 15) is 4.79 Å². The van der Waals surface area contributed by atoms with Crippen molar-refractivity contribution in [2.45, 2.75) is 11.5 Å². The molecule has 1 aromatic carbocycles. The summed E-state index contributed by atoms with van der Waals surface area (Å²) in [6, 6.07) is 14.6. The Hall–Kier alpha value is -2.62. The third-order valence-corrected chi connectivity index (χ3v) is 6.80. The first-order valence-corrected chi connectivity index (χ1v) is 9.97. The first kappa shape index (κ1) is 17.5. The maximum Gasteiger partial charge on any atom is 0.268 e.